The maximum atomic E-state index is 12.4. The Kier molecular flexibility index (Phi) is 4.15. The number of fused-ring (bicyclic) bond motifs is 1. The zero-order chi connectivity index (χ0) is 15.2. The molecule has 0 atom stereocenters. The zero-order valence-electron chi connectivity index (χ0n) is 9.80. The van der Waals surface area contributed by atoms with Gasteiger partial charge in [-0.3, -0.25) is 4.72 Å². The van der Waals surface area contributed by atoms with Crippen LogP contribution < -0.4 is 4.72 Å². The van der Waals surface area contributed by atoms with Crippen molar-refractivity contribution in [3.63, 3.8) is 0 Å². The lowest BCUT2D eigenvalue weighted by Crippen LogP contribution is -2.12. The molecule has 0 aliphatic rings. The van der Waals surface area contributed by atoms with Crippen LogP contribution in [0, 0.1) is 0 Å². The van der Waals surface area contributed by atoms with Gasteiger partial charge in [-0.05, 0) is 34.1 Å². The first-order valence-corrected chi connectivity index (χ1v) is 9.85. The average molecular weight is 445 g/mol. The van der Waals surface area contributed by atoms with Gasteiger partial charge in [-0.1, -0.05) is 23.2 Å². The van der Waals surface area contributed by atoms with E-state index in [1.807, 2.05) is 0 Å². The summed E-state index contributed by atoms with van der Waals surface area (Å²) < 4.78 is 36.1. The quantitative estimate of drug-likeness (QED) is 0.639. The van der Waals surface area contributed by atoms with Crippen molar-refractivity contribution < 1.29 is 8.42 Å². The van der Waals surface area contributed by atoms with E-state index in [0.717, 1.165) is 23.1 Å². The lowest BCUT2D eigenvalue weighted by Gasteiger charge is -2.09. The van der Waals surface area contributed by atoms with E-state index in [4.69, 9.17) is 23.2 Å². The van der Waals surface area contributed by atoms with Crippen LogP contribution in [-0.2, 0) is 10.0 Å². The summed E-state index contributed by atoms with van der Waals surface area (Å²) in [6.45, 7) is 0. The molecule has 2 aromatic heterocycles. The van der Waals surface area contributed by atoms with Crippen LogP contribution in [-0.4, -0.2) is 17.2 Å². The third-order valence-corrected chi connectivity index (χ3v) is 7.07. The Bertz CT molecular complexity index is 938. The number of hydrogen-bond donors (Lipinski definition) is 1. The SMILES string of the molecule is O=S(=O)(Nc1c(Cl)cc(Cl)c2nsnc12)c1ccc(Br)s1. The van der Waals surface area contributed by atoms with Crippen LogP contribution in [0.3, 0.4) is 0 Å². The minimum absolute atomic E-state index is 0.164. The van der Waals surface area contributed by atoms with Gasteiger partial charge in [0.05, 0.1) is 31.2 Å². The molecule has 5 nitrogen and oxygen atoms in total. The molecule has 11 heteroatoms. The van der Waals surface area contributed by atoms with Gasteiger partial charge in [0, 0.05) is 0 Å². The summed E-state index contributed by atoms with van der Waals surface area (Å²) in [5.74, 6) is 0. The molecule has 0 radical (unpaired) electrons. The number of rotatable bonds is 3. The molecule has 3 aromatic rings. The lowest BCUT2D eigenvalue weighted by atomic mass is 10.3. The molecule has 0 fully saturated rings. The molecule has 0 aliphatic heterocycles. The molecule has 110 valence electrons. The Hall–Kier alpha value is -0.450. The zero-order valence-corrected chi connectivity index (χ0v) is 15.3. The number of nitrogens with one attached hydrogen (secondary N) is 1. The largest absolute Gasteiger partial charge is 0.275 e. The number of sulfonamides is 1. The number of anilines is 1. The van der Waals surface area contributed by atoms with Gasteiger partial charge in [0.15, 0.2) is 0 Å². The average Bonchev–Trinajstić information content (AvgIpc) is 3.03. The highest BCUT2D eigenvalue weighted by Crippen LogP contribution is 2.37. The van der Waals surface area contributed by atoms with Gasteiger partial charge >= 0.3 is 0 Å². The van der Waals surface area contributed by atoms with Crippen LogP contribution >= 0.6 is 62.2 Å². The second-order valence-corrected chi connectivity index (χ2v) is 9.56. The number of benzene rings is 1. The molecule has 0 saturated carbocycles. The van der Waals surface area contributed by atoms with Crippen molar-refractivity contribution in [3.05, 3.63) is 32.0 Å². The van der Waals surface area contributed by atoms with Crippen LogP contribution in [0.2, 0.25) is 10.0 Å². The van der Waals surface area contributed by atoms with Crippen molar-refractivity contribution in [2.24, 2.45) is 0 Å². The Labute approximate surface area is 146 Å². The van der Waals surface area contributed by atoms with Crippen LogP contribution in [0.25, 0.3) is 11.0 Å². The topological polar surface area (TPSA) is 72.0 Å². The van der Waals surface area contributed by atoms with Crippen LogP contribution in [0.15, 0.2) is 26.2 Å². The van der Waals surface area contributed by atoms with Crippen molar-refractivity contribution in [1.82, 2.24) is 8.75 Å². The standard InChI is InChI=1S/C10H4BrCl2N3O2S3/c11-6-1-2-7(19-6)21(17,18)16-9-5(13)3-4(12)8-10(9)15-20-14-8/h1-3,16H. The second kappa shape index (κ2) is 5.64. The number of nitrogens with zero attached hydrogens (tertiary/aromatic N) is 2. The molecule has 3 rings (SSSR count). The molecular weight excluding hydrogens is 441 g/mol. The smallest absolute Gasteiger partial charge is 0.271 e. The Balaban J connectivity index is 2.12. The summed E-state index contributed by atoms with van der Waals surface area (Å²) >= 11 is 17.3. The molecule has 1 N–H and O–H groups in total. The number of aromatic nitrogens is 2. The monoisotopic (exact) mass is 443 g/mol. The number of halogens is 3. The first-order valence-electron chi connectivity index (χ1n) is 5.27. The number of hydrogen-bond acceptors (Lipinski definition) is 6. The summed E-state index contributed by atoms with van der Waals surface area (Å²) in [6, 6.07) is 4.59. The van der Waals surface area contributed by atoms with E-state index in [-0.39, 0.29) is 14.9 Å². The summed E-state index contributed by atoms with van der Waals surface area (Å²) in [6.07, 6.45) is 0. The molecule has 0 unspecified atom stereocenters. The van der Waals surface area contributed by atoms with Gasteiger partial charge in [-0.15, -0.1) is 11.3 Å². The third-order valence-electron chi connectivity index (χ3n) is 2.49. The maximum absolute atomic E-state index is 12.4. The van der Waals surface area contributed by atoms with Gasteiger partial charge in [-0.2, -0.15) is 8.75 Å². The maximum Gasteiger partial charge on any atom is 0.271 e. The van der Waals surface area contributed by atoms with E-state index in [9.17, 15) is 8.42 Å². The Morgan fingerprint density at radius 3 is 2.52 bits per heavy atom. The van der Waals surface area contributed by atoms with Gasteiger partial charge in [-0.25, -0.2) is 8.42 Å². The minimum Gasteiger partial charge on any atom is -0.275 e. The van der Waals surface area contributed by atoms with E-state index in [0.29, 0.717) is 19.8 Å². The van der Waals surface area contributed by atoms with Crippen LogP contribution in [0.1, 0.15) is 0 Å². The molecule has 0 amide bonds. The summed E-state index contributed by atoms with van der Waals surface area (Å²) in [7, 11) is -3.75. The van der Waals surface area contributed by atoms with E-state index in [1.165, 1.54) is 12.1 Å². The lowest BCUT2D eigenvalue weighted by molar-refractivity contribution is 0.603. The molecule has 2 heterocycles. The third kappa shape index (κ3) is 2.90. The van der Waals surface area contributed by atoms with Crippen molar-refractivity contribution in [3.8, 4) is 0 Å². The molecule has 1 aromatic carbocycles. The highest BCUT2D eigenvalue weighted by atomic mass is 79.9. The minimum atomic E-state index is -3.75. The fourth-order valence-corrected chi connectivity index (χ4v) is 5.91. The van der Waals surface area contributed by atoms with Gasteiger partial charge in [0.25, 0.3) is 10.0 Å². The predicted octanol–water partition coefficient (Wildman–Crippen LogP) is 4.62. The van der Waals surface area contributed by atoms with E-state index >= 15 is 0 Å². The fourth-order valence-electron chi connectivity index (χ4n) is 1.60. The highest BCUT2D eigenvalue weighted by Gasteiger charge is 2.22. The summed E-state index contributed by atoms with van der Waals surface area (Å²) in [4.78, 5) is 0. The number of thiophene rings is 1. The van der Waals surface area contributed by atoms with Gasteiger partial charge in [0.2, 0.25) is 0 Å². The van der Waals surface area contributed by atoms with Crippen molar-refractivity contribution in [2.75, 3.05) is 4.72 Å². The first kappa shape index (κ1) is 15.4. The van der Waals surface area contributed by atoms with Gasteiger partial charge in [0.1, 0.15) is 15.2 Å². The first-order chi connectivity index (χ1) is 9.88. The van der Waals surface area contributed by atoms with Gasteiger partial charge < -0.3 is 0 Å². The summed E-state index contributed by atoms with van der Waals surface area (Å²) in [5.41, 5.74) is 0.919. The predicted molar refractivity (Wildman–Crippen MR) is 90.3 cm³/mol. The van der Waals surface area contributed by atoms with Crippen molar-refractivity contribution in [1.29, 1.82) is 0 Å². The molecule has 0 saturated heterocycles. The van der Waals surface area contributed by atoms with E-state index in [2.05, 4.69) is 29.4 Å². The van der Waals surface area contributed by atoms with Crippen LogP contribution in [0.5, 0.6) is 0 Å². The molecule has 0 spiro atoms. The molecular formula is C10H4BrCl2N3O2S3. The molecule has 21 heavy (non-hydrogen) atoms. The van der Waals surface area contributed by atoms with E-state index < -0.39 is 10.0 Å². The van der Waals surface area contributed by atoms with Crippen LogP contribution in [0.4, 0.5) is 5.69 Å². The summed E-state index contributed by atoms with van der Waals surface area (Å²) in [5, 5.41) is 0.491. The second-order valence-electron chi connectivity index (χ2n) is 3.84. The van der Waals surface area contributed by atoms with Crippen molar-refractivity contribution >= 4 is 88.9 Å². The molecule has 0 bridgehead atoms. The molecule has 0 aliphatic carbocycles. The Morgan fingerprint density at radius 1 is 1.14 bits per heavy atom. The Morgan fingerprint density at radius 2 is 1.86 bits per heavy atom. The highest BCUT2D eigenvalue weighted by molar-refractivity contribution is 9.11. The fraction of sp³-hybridized carbons (Fsp3) is 0. The van der Waals surface area contributed by atoms with Crippen molar-refractivity contribution in [2.45, 2.75) is 4.21 Å². The van der Waals surface area contributed by atoms with E-state index in [1.54, 1.807) is 6.07 Å². The normalized spacial score (nSPS) is 12.0.